The van der Waals surface area contributed by atoms with Crippen LogP contribution in [0.1, 0.15) is 31.4 Å². The molecule has 1 fully saturated rings. The SMILES string of the molecule is CC(O)c1ccc(S(=O)(=O)NCCN(C)C2CC2)cc1. The summed E-state index contributed by atoms with van der Waals surface area (Å²) in [5.41, 5.74) is 0.706. The molecule has 1 aliphatic carbocycles. The fourth-order valence-electron chi connectivity index (χ4n) is 2.06. The van der Waals surface area contributed by atoms with Crippen LogP contribution in [-0.4, -0.2) is 44.6 Å². The third-order valence-electron chi connectivity index (χ3n) is 3.60. The summed E-state index contributed by atoms with van der Waals surface area (Å²) < 4.78 is 26.8. The van der Waals surface area contributed by atoms with Crippen molar-refractivity contribution >= 4 is 10.0 Å². The Bertz CT molecular complexity index is 536. The minimum atomic E-state index is -3.46. The number of sulfonamides is 1. The van der Waals surface area contributed by atoms with Gasteiger partial charge in [0.1, 0.15) is 0 Å². The zero-order chi connectivity index (χ0) is 14.8. The molecule has 1 atom stereocenters. The van der Waals surface area contributed by atoms with Gasteiger partial charge >= 0.3 is 0 Å². The van der Waals surface area contributed by atoms with Crippen LogP contribution in [0.2, 0.25) is 0 Å². The number of likely N-dealkylation sites (N-methyl/N-ethyl adjacent to an activating group) is 1. The lowest BCUT2D eigenvalue weighted by molar-refractivity contribution is 0.199. The Morgan fingerprint density at radius 1 is 1.35 bits per heavy atom. The van der Waals surface area contributed by atoms with E-state index in [0.29, 0.717) is 18.2 Å². The second-order valence-electron chi connectivity index (χ2n) is 5.35. The van der Waals surface area contributed by atoms with Crippen molar-refractivity contribution in [1.82, 2.24) is 9.62 Å². The number of rotatable bonds is 7. The number of benzene rings is 1. The van der Waals surface area contributed by atoms with E-state index in [1.54, 1.807) is 19.1 Å². The Morgan fingerprint density at radius 3 is 2.45 bits per heavy atom. The summed E-state index contributed by atoms with van der Waals surface area (Å²) in [6.45, 7) is 2.78. The molecule has 112 valence electrons. The van der Waals surface area contributed by atoms with Crippen molar-refractivity contribution in [2.24, 2.45) is 0 Å². The largest absolute Gasteiger partial charge is 0.389 e. The zero-order valence-electron chi connectivity index (χ0n) is 11.9. The highest BCUT2D eigenvalue weighted by atomic mass is 32.2. The highest BCUT2D eigenvalue weighted by Crippen LogP contribution is 2.24. The summed E-state index contributed by atoms with van der Waals surface area (Å²) in [6.07, 6.45) is 1.83. The standard InChI is InChI=1S/C14H22N2O3S/c1-11(17)12-3-7-14(8-4-12)20(18,19)15-9-10-16(2)13-5-6-13/h3-4,7-8,11,13,15,17H,5-6,9-10H2,1-2H3. The van der Waals surface area contributed by atoms with E-state index in [-0.39, 0.29) is 4.90 Å². The van der Waals surface area contributed by atoms with Crippen LogP contribution in [-0.2, 0) is 10.0 Å². The van der Waals surface area contributed by atoms with Crippen LogP contribution in [0.25, 0.3) is 0 Å². The second kappa shape index (κ2) is 6.22. The lowest BCUT2D eigenvalue weighted by Gasteiger charge is -2.16. The summed E-state index contributed by atoms with van der Waals surface area (Å²) in [4.78, 5) is 2.41. The van der Waals surface area contributed by atoms with E-state index in [4.69, 9.17) is 0 Å². The van der Waals surface area contributed by atoms with Crippen LogP contribution in [0.3, 0.4) is 0 Å². The van der Waals surface area contributed by atoms with Gasteiger partial charge in [-0.1, -0.05) is 12.1 Å². The molecule has 1 aromatic carbocycles. The molecule has 1 aromatic rings. The number of aliphatic hydroxyl groups excluding tert-OH is 1. The molecule has 0 bridgehead atoms. The topological polar surface area (TPSA) is 69.6 Å². The molecule has 0 aromatic heterocycles. The van der Waals surface area contributed by atoms with Gasteiger partial charge in [0.15, 0.2) is 0 Å². The highest BCUT2D eigenvalue weighted by molar-refractivity contribution is 7.89. The van der Waals surface area contributed by atoms with Crippen LogP contribution < -0.4 is 4.72 Å². The Hall–Kier alpha value is -0.950. The Balaban J connectivity index is 1.91. The first-order chi connectivity index (χ1) is 9.40. The summed E-state index contributed by atoms with van der Waals surface area (Å²) >= 11 is 0. The molecular weight excluding hydrogens is 276 g/mol. The van der Waals surface area contributed by atoms with Gasteiger partial charge in [-0.2, -0.15) is 0 Å². The molecule has 1 saturated carbocycles. The molecule has 5 nitrogen and oxygen atoms in total. The van der Waals surface area contributed by atoms with E-state index in [1.165, 1.54) is 25.0 Å². The number of nitrogens with zero attached hydrogens (tertiary/aromatic N) is 1. The summed E-state index contributed by atoms with van der Waals surface area (Å²) in [5, 5.41) is 9.41. The third kappa shape index (κ3) is 4.02. The number of hydrogen-bond acceptors (Lipinski definition) is 4. The lowest BCUT2D eigenvalue weighted by atomic mass is 10.1. The van der Waals surface area contributed by atoms with Crippen LogP contribution >= 0.6 is 0 Å². The minimum Gasteiger partial charge on any atom is -0.389 e. The van der Waals surface area contributed by atoms with E-state index in [1.807, 2.05) is 7.05 Å². The average molecular weight is 298 g/mol. The molecule has 0 amide bonds. The number of aliphatic hydroxyl groups is 1. The Morgan fingerprint density at radius 2 is 1.95 bits per heavy atom. The van der Waals surface area contributed by atoms with Gasteiger partial charge < -0.3 is 10.0 Å². The lowest BCUT2D eigenvalue weighted by Crippen LogP contribution is -2.33. The zero-order valence-corrected chi connectivity index (χ0v) is 12.7. The molecule has 1 unspecified atom stereocenters. The van der Waals surface area contributed by atoms with Gasteiger partial charge in [0.25, 0.3) is 0 Å². The van der Waals surface area contributed by atoms with Gasteiger partial charge in [0.2, 0.25) is 10.0 Å². The first-order valence-corrected chi connectivity index (χ1v) is 8.36. The van der Waals surface area contributed by atoms with Gasteiger partial charge in [-0.3, -0.25) is 0 Å². The molecular formula is C14H22N2O3S. The summed E-state index contributed by atoms with van der Waals surface area (Å²) in [5.74, 6) is 0. The normalized spacial score (nSPS) is 17.4. The summed E-state index contributed by atoms with van der Waals surface area (Å²) in [7, 11) is -1.44. The van der Waals surface area contributed by atoms with Crippen LogP contribution in [0.5, 0.6) is 0 Å². The average Bonchev–Trinajstić information content (AvgIpc) is 3.22. The van der Waals surface area contributed by atoms with Crippen molar-refractivity contribution in [3.8, 4) is 0 Å². The van der Waals surface area contributed by atoms with Crippen molar-refractivity contribution < 1.29 is 13.5 Å². The monoisotopic (exact) mass is 298 g/mol. The van der Waals surface area contributed by atoms with E-state index in [2.05, 4.69) is 9.62 Å². The van der Waals surface area contributed by atoms with Crippen LogP contribution in [0.15, 0.2) is 29.2 Å². The molecule has 0 radical (unpaired) electrons. The maximum absolute atomic E-state index is 12.1. The maximum Gasteiger partial charge on any atom is 0.240 e. The highest BCUT2D eigenvalue weighted by Gasteiger charge is 2.25. The smallest absolute Gasteiger partial charge is 0.240 e. The van der Waals surface area contributed by atoms with Gasteiger partial charge in [0.05, 0.1) is 11.0 Å². The van der Waals surface area contributed by atoms with Crippen molar-refractivity contribution in [1.29, 1.82) is 0 Å². The summed E-state index contributed by atoms with van der Waals surface area (Å²) in [6, 6.07) is 6.94. The van der Waals surface area contributed by atoms with Crippen molar-refractivity contribution in [3.05, 3.63) is 29.8 Å². The fraction of sp³-hybridized carbons (Fsp3) is 0.571. The van der Waals surface area contributed by atoms with Crippen molar-refractivity contribution in [2.45, 2.75) is 36.8 Å². The maximum atomic E-state index is 12.1. The molecule has 2 N–H and O–H groups in total. The predicted octanol–water partition coefficient (Wildman–Crippen LogP) is 1.11. The van der Waals surface area contributed by atoms with Gasteiger partial charge in [-0.15, -0.1) is 0 Å². The second-order valence-corrected chi connectivity index (χ2v) is 7.12. The van der Waals surface area contributed by atoms with Gasteiger partial charge in [-0.05, 0) is 44.5 Å². The van der Waals surface area contributed by atoms with E-state index < -0.39 is 16.1 Å². The van der Waals surface area contributed by atoms with E-state index >= 15 is 0 Å². The number of hydrogen-bond donors (Lipinski definition) is 2. The molecule has 0 spiro atoms. The van der Waals surface area contributed by atoms with Crippen molar-refractivity contribution in [2.75, 3.05) is 20.1 Å². The van der Waals surface area contributed by atoms with Crippen molar-refractivity contribution in [3.63, 3.8) is 0 Å². The molecule has 0 aliphatic heterocycles. The first kappa shape index (κ1) is 15.4. The molecule has 0 saturated heterocycles. The minimum absolute atomic E-state index is 0.232. The van der Waals surface area contributed by atoms with Gasteiger partial charge in [-0.25, -0.2) is 13.1 Å². The fourth-order valence-corrected chi connectivity index (χ4v) is 3.08. The molecule has 2 rings (SSSR count). The van der Waals surface area contributed by atoms with Crippen LogP contribution in [0, 0.1) is 0 Å². The molecule has 1 aliphatic rings. The van der Waals surface area contributed by atoms with E-state index in [0.717, 1.165) is 6.54 Å². The first-order valence-electron chi connectivity index (χ1n) is 6.88. The molecule has 20 heavy (non-hydrogen) atoms. The Labute approximate surface area is 120 Å². The molecule has 6 heteroatoms. The van der Waals surface area contributed by atoms with Gasteiger partial charge in [0, 0.05) is 19.1 Å². The van der Waals surface area contributed by atoms with Crippen LogP contribution in [0.4, 0.5) is 0 Å². The predicted molar refractivity (Wildman–Crippen MR) is 77.9 cm³/mol. The molecule has 0 heterocycles. The number of nitrogens with one attached hydrogen (secondary N) is 1. The third-order valence-corrected chi connectivity index (χ3v) is 5.08. The van der Waals surface area contributed by atoms with E-state index in [9.17, 15) is 13.5 Å². The Kier molecular flexibility index (Phi) is 4.80. The quantitative estimate of drug-likeness (QED) is 0.791.